The molecule has 0 aliphatic heterocycles. The number of nitrogens with zero attached hydrogens (tertiary/aromatic N) is 4. The highest BCUT2D eigenvalue weighted by atomic mass is 35.5. The SMILES string of the molecule is O=C(NCCn1ccnc1-c1ncccn1)NCc1ccc(Cl)cc1. The van der Waals surface area contributed by atoms with Crippen LogP contribution in [-0.4, -0.2) is 32.1 Å². The van der Waals surface area contributed by atoms with Crippen molar-refractivity contribution in [2.75, 3.05) is 6.54 Å². The molecule has 0 radical (unpaired) electrons. The monoisotopic (exact) mass is 356 g/mol. The van der Waals surface area contributed by atoms with Crippen molar-refractivity contribution in [2.45, 2.75) is 13.1 Å². The van der Waals surface area contributed by atoms with Gasteiger partial charge in [-0.25, -0.2) is 19.7 Å². The van der Waals surface area contributed by atoms with E-state index in [4.69, 9.17) is 11.6 Å². The van der Waals surface area contributed by atoms with Gasteiger partial charge in [0, 0.05) is 49.4 Å². The number of carbonyl (C=O) groups is 1. The van der Waals surface area contributed by atoms with Crippen molar-refractivity contribution in [3.05, 3.63) is 65.7 Å². The Labute approximate surface area is 150 Å². The molecule has 0 aliphatic carbocycles. The van der Waals surface area contributed by atoms with E-state index in [0.29, 0.717) is 36.3 Å². The minimum absolute atomic E-state index is 0.229. The lowest BCUT2D eigenvalue weighted by atomic mass is 10.2. The lowest BCUT2D eigenvalue weighted by Gasteiger charge is -2.10. The molecule has 0 unspecified atom stereocenters. The van der Waals surface area contributed by atoms with Crippen LogP contribution in [0.1, 0.15) is 5.56 Å². The van der Waals surface area contributed by atoms with Gasteiger partial charge in [0.15, 0.2) is 11.6 Å². The number of urea groups is 1. The van der Waals surface area contributed by atoms with Crippen LogP contribution in [0.25, 0.3) is 11.6 Å². The quantitative estimate of drug-likeness (QED) is 0.710. The van der Waals surface area contributed by atoms with Gasteiger partial charge in [-0.1, -0.05) is 23.7 Å². The fourth-order valence-electron chi connectivity index (χ4n) is 2.25. The third kappa shape index (κ3) is 4.77. The van der Waals surface area contributed by atoms with Crippen LogP contribution in [0, 0.1) is 0 Å². The van der Waals surface area contributed by atoms with Crippen molar-refractivity contribution in [2.24, 2.45) is 0 Å². The summed E-state index contributed by atoms with van der Waals surface area (Å²) in [4.78, 5) is 24.5. The summed E-state index contributed by atoms with van der Waals surface area (Å²) in [6.07, 6.45) is 6.86. The zero-order valence-electron chi connectivity index (χ0n) is 13.4. The second kappa shape index (κ2) is 8.25. The standard InChI is InChI=1S/C17H17ClN6O/c18-14-4-2-13(3-5-14)12-23-17(25)22-9-11-24-10-8-21-16(24)15-19-6-1-7-20-15/h1-8,10H,9,11-12H2,(H2,22,23,25). The molecule has 2 N–H and O–H groups in total. The van der Waals surface area contributed by atoms with E-state index in [1.165, 1.54) is 0 Å². The number of benzene rings is 1. The highest BCUT2D eigenvalue weighted by molar-refractivity contribution is 6.30. The Kier molecular flexibility index (Phi) is 5.58. The van der Waals surface area contributed by atoms with Gasteiger partial charge in [-0.05, 0) is 23.8 Å². The maximum atomic E-state index is 11.9. The van der Waals surface area contributed by atoms with Gasteiger partial charge in [0.1, 0.15) is 0 Å². The van der Waals surface area contributed by atoms with Gasteiger partial charge in [0.05, 0.1) is 0 Å². The van der Waals surface area contributed by atoms with Crippen molar-refractivity contribution < 1.29 is 4.79 Å². The Morgan fingerprint density at radius 1 is 1.04 bits per heavy atom. The van der Waals surface area contributed by atoms with Gasteiger partial charge < -0.3 is 15.2 Å². The van der Waals surface area contributed by atoms with Crippen LogP contribution in [0.2, 0.25) is 5.02 Å². The number of rotatable bonds is 6. The molecule has 2 amide bonds. The van der Waals surface area contributed by atoms with E-state index >= 15 is 0 Å². The number of nitrogens with one attached hydrogen (secondary N) is 2. The first-order chi connectivity index (χ1) is 12.2. The first-order valence-corrected chi connectivity index (χ1v) is 8.15. The zero-order chi connectivity index (χ0) is 17.5. The predicted molar refractivity (Wildman–Crippen MR) is 94.9 cm³/mol. The Bertz CT molecular complexity index is 819. The second-order valence-electron chi connectivity index (χ2n) is 5.25. The Balaban J connectivity index is 1.46. The number of carbonyl (C=O) groups excluding carboxylic acids is 1. The van der Waals surface area contributed by atoms with Crippen LogP contribution < -0.4 is 10.6 Å². The lowest BCUT2D eigenvalue weighted by molar-refractivity contribution is 0.240. The fourth-order valence-corrected chi connectivity index (χ4v) is 2.37. The predicted octanol–water partition coefficient (Wildman–Crippen LogP) is 2.49. The number of halogens is 1. The van der Waals surface area contributed by atoms with Crippen molar-refractivity contribution in [1.29, 1.82) is 0 Å². The molecule has 0 fully saturated rings. The summed E-state index contributed by atoms with van der Waals surface area (Å²) in [7, 11) is 0. The summed E-state index contributed by atoms with van der Waals surface area (Å²) in [5.41, 5.74) is 0.984. The fraction of sp³-hybridized carbons (Fsp3) is 0.176. The molecule has 0 saturated carbocycles. The molecule has 0 atom stereocenters. The average molecular weight is 357 g/mol. The number of imidazole rings is 1. The van der Waals surface area contributed by atoms with E-state index in [1.54, 1.807) is 36.8 Å². The van der Waals surface area contributed by atoms with Crippen LogP contribution in [0.5, 0.6) is 0 Å². The third-order valence-electron chi connectivity index (χ3n) is 3.49. The molecular weight excluding hydrogens is 340 g/mol. The van der Waals surface area contributed by atoms with E-state index in [0.717, 1.165) is 5.56 Å². The van der Waals surface area contributed by atoms with E-state index in [2.05, 4.69) is 25.6 Å². The van der Waals surface area contributed by atoms with Crippen LogP contribution in [-0.2, 0) is 13.1 Å². The molecule has 8 heteroatoms. The van der Waals surface area contributed by atoms with Crippen molar-refractivity contribution in [1.82, 2.24) is 30.2 Å². The van der Waals surface area contributed by atoms with Crippen LogP contribution in [0.15, 0.2) is 55.1 Å². The van der Waals surface area contributed by atoms with Crippen molar-refractivity contribution in [3.63, 3.8) is 0 Å². The average Bonchev–Trinajstić information content (AvgIpc) is 3.10. The maximum absolute atomic E-state index is 11.9. The lowest BCUT2D eigenvalue weighted by Crippen LogP contribution is -2.36. The second-order valence-corrected chi connectivity index (χ2v) is 5.69. The summed E-state index contributed by atoms with van der Waals surface area (Å²) in [6, 6.07) is 8.86. The zero-order valence-corrected chi connectivity index (χ0v) is 14.1. The molecule has 0 aliphatic rings. The molecule has 2 aromatic heterocycles. The van der Waals surface area contributed by atoms with E-state index in [9.17, 15) is 4.79 Å². The van der Waals surface area contributed by atoms with E-state index in [1.807, 2.05) is 22.9 Å². The summed E-state index contributed by atoms with van der Waals surface area (Å²) in [5, 5.41) is 6.29. The molecule has 3 rings (SSSR count). The van der Waals surface area contributed by atoms with Crippen LogP contribution >= 0.6 is 11.6 Å². The van der Waals surface area contributed by atoms with Gasteiger partial charge in [0.2, 0.25) is 0 Å². The minimum Gasteiger partial charge on any atom is -0.336 e. The smallest absolute Gasteiger partial charge is 0.315 e. The highest BCUT2D eigenvalue weighted by Gasteiger charge is 2.08. The summed E-state index contributed by atoms with van der Waals surface area (Å²) >= 11 is 5.83. The molecule has 0 bridgehead atoms. The topological polar surface area (TPSA) is 84.7 Å². The number of hydrogen-bond acceptors (Lipinski definition) is 4. The molecule has 128 valence electrons. The van der Waals surface area contributed by atoms with E-state index < -0.39 is 0 Å². The Hall–Kier alpha value is -2.93. The molecule has 2 heterocycles. The Morgan fingerprint density at radius 3 is 2.56 bits per heavy atom. The Morgan fingerprint density at radius 2 is 1.80 bits per heavy atom. The molecule has 0 spiro atoms. The van der Waals surface area contributed by atoms with E-state index in [-0.39, 0.29) is 6.03 Å². The molecule has 25 heavy (non-hydrogen) atoms. The van der Waals surface area contributed by atoms with Crippen molar-refractivity contribution >= 4 is 17.6 Å². The van der Waals surface area contributed by atoms with Crippen molar-refractivity contribution in [3.8, 4) is 11.6 Å². The molecule has 1 aromatic carbocycles. The van der Waals surface area contributed by atoms with Gasteiger partial charge in [-0.15, -0.1) is 0 Å². The highest BCUT2D eigenvalue weighted by Crippen LogP contribution is 2.11. The molecule has 3 aromatic rings. The number of aromatic nitrogens is 4. The normalized spacial score (nSPS) is 10.4. The van der Waals surface area contributed by atoms with Gasteiger partial charge in [-0.3, -0.25) is 0 Å². The van der Waals surface area contributed by atoms with Gasteiger partial charge in [-0.2, -0.15) is 0 Å². The third-order valence-corrected chi connectivity index (χ3v) is 3.74. The van der Waals surface area contributed by atoms with Gasteiger partial charge in [0.25, 0.3) is 0 Å². The van der Waals surface area contributed by atoms with Gasteiger partial charge >= 0.3 is 6.03 Å². The minimum atomic E-state index is -0.229. The summed E-state index contributed by atoms with van der Waals surface area (Å²) in [5.74, 6) is 1.23. The molecule has 7 nitrogen and oxygen atoms in total. The first-order valence-electron chi connectivity index (χ1n) is 7.77. The molecular formula is C17H17ClN6O. The number of amides is 2. The summed E-state index contributed by atoms with van der Waals surface area (Å²) in [6.45, 7) is 1.47. The first kappa shape index (κ1) is 16.9. The maximum Gasteiger partial charge on any atom is 0.315 e. The largest absolute Gasteiger partial charge is 0.336 e. The molecule has 0 saturated heterocycles. The number of hydrogen-bond donors (Lipinski definition) is 2. The van der Waals surface area contributed by atoms with Crippen LogP contribution in [0.4, 0.5) is 4.79 Å². The summed E-state index contributed by atoms with van der Waals surface area (Å²) < 4.78 is 1.90. The van der Waals surface area contributed by atoms with Crippen LogP contribution in [0.3, 0.4) is 0 Å².